The van der Waals surface area contributed by atoms with Crippen molar-refractivity contribution >= 4 is 38.6 Å². The lowest BCUT2D eigenvalue weighted by molar-refractivity contribution is 0.619. The van der Waals surface area contributed by atoms with Crippen molar-refractivity contribution in [1.29, 1.82) is 0 Å². The summed E-state index contributed by atoms with van der Waals surface area (Å²) in [6.45, 7) is 0. The van der Waals surface area contributed by atoms with Crippen LogP contribution in [0.15, 0.2) is 217 Å². The van der Waals surface area contributed by atoms with Gasteiger partial charge in [-0.2, -0.15) is 0 Å². The van der Waals surface area contributed by atoms with Gasteiger partial charge in [0.15, 0.2) is 5.58 Å². The van der Waals surface area contributed by atoms with Crippen LogP contribution < -0.4 is 0 Å². The van der Waals surface area contributed by atoms with Gasteiger partial charge < -0.3 is 8.98 Å². The molecule has 2 atom stereocenters. The Morgan fingerprint density at radius 1 is 0.542 bits per heavy atom. The Labute approximate surface area is 342 Å². The van der Waals surface area contributed by atoms with Crippen LogP contribution in [-0.2, 0) is 5.41 Å². The molecule has 2 heterocycles. The monoisotopic (exact) mass is 754 g/mol. The Morgan fingerprint density at radius 2 is 1.25 bits per heavy atom. The lowest BCUT2D eigenvalue weighted by Crippen LogP contribution is -2.28. The topological polar surface area (TPSA) is 31.0 Å². The summed E-state index contributed by atoms with van der Waals surface area (Å²) in [4.78, 5) is 5.05. The van der Waals surface area contributed by atoms with E-state index in [0.717, 1.165) is 28.6 Å². The molecule has 2 aromatic heterocycles. The van der Waals surface area contributed by atoms with Gasteiger partial charge in [0.2, 0.25) is 5.89 Å². The van der Waals surface area contributed by atoms with Crippen molar-refractivity contribution in [3.05, 3.63) is 240 Å². The fourth-order valence-corrected chi connectivity index (χ4v) is 10.1. The molecular formula is C56H38N2O. The number of fused-ring (bicyclic) bond motifs is 7. The summed E-state index contributed by atoms with van der Waals surface area (Å²) in [5.74, 6) is 1.01. The molecule has 0 radical (unpaired) electrons. The van der Waals surface area contributed by atoms with Gasteiger partial charge in [-0.15, -0.1) is 0 Å². The van der Waals surface area contributed by atoms with Crippen molar-refractivity contribution < 1.29 is 4.42 Å². The second-order valence-electron chi connectivity index (χ2n) is 15.8. The summed E-state index contributed by atoms with van der Waals surface area (Å²) in [6.07, 6.45) is 8.05. The summed E-state index contributed by atoms with van der Waals surface area (Å²) in [5, 5.41) is 2.51. The average Bonchev–Trinajstić information content (AvgIpc) is 3.99. The summed E-state index contributed by atoms with van der Waals surface area (Å²) < 4.78 is 8.78. The number of aromatic nitrogens is 2. The molecule has 12 rings (SSSR count). The molecule has 59 heavy (non-hydrogen) atoms. The van der Waals surface area contributed by atoms with E-state index in [1.165, 1.54) is 72.0 Å². The first-order valence-electron chi connectivity index (χ1n) is 20.5. The Kier molecular flexibility index (Phi) is 7.58. The van der Waals surface area contributed by atoms with E-state index < -0.39 is 5.41 Å². The predicted octanol–water partition coefficient (Wildman–Crippen LogP) is 14.2. The maximum Gasteiger partial charge on any atom is 0.227 e. The minimum atomic E-state index is -0.583. The summed E-state index contributed by atoms with van der Waals surface area (Å²) >= 11 is 0. The van der Waals surface area contributed by atoms with Crippen molar-refractivity contribution in [2.75, 3.05) is 0 Å². The molecule has 0 amide bonds. The Morgan fingerprint density at radius 3 is 2.08 bits per heavy atom. The van der Waals surface area contributed by atoms with E-state index in [0.29, 0.717) is 11.8 Å². The van der Waals surface area contributed by atoms with Gasteiger partial charge in [0.25, 0.3) is 0 Å². The van der Waals surface area contributed by atoms with Crippen molar-refractivity contribution in [3.63, 3.8) is 0 Å². The minimum absolute atomic E-state index is 0.385. The summed E-state index contributed by atoms with van der Waals surface area (Å²) in [6, 6.07) is 70.3. The van der Waals surface area contributed by atoms with Gasteiger partial charge in [0.1, 0.15) is 5.52 Å². The first kappa shape index (κ1) is 33.6. The lowest BCUT2D eigenvalue weighted by Gasteiger charge is -2.34. The first-order valence-corrected chi connectivity index (χ1v) is 20.5. The maximum atomic E-state index is 6.34. The molecule has 0 bridgehead atoms. The molecule has 0 saturated heterocycles. The van der Waals surface area contributed by atoms with E-state index in [4.69, 9.17) is 9.40 Å². The zero-order chi connectivity index (χ0) is 38.9. The van der Waals surface area contributed by atoms with Gasteiger partial charge in [-0.05, 0) is 105 Å². The Balaban J connectivity index is 1.04. The Bertz CT molecular complexity index is 3300. The van der Waals surface area contributed by atoms with Gasteiger partial charge >= 0.3 is 0 Å². The second kappa shape index (κ2) is 13.3. The molecule has 0 fully saturated rings. The highest BCUT2D eigenvalue weighted by molar-refractivity contribution is 6.12. The zero-order valence-corrected chi connectivity index (χ0v) is 32.3. The molecule has 0 N–H and O–H groups in total. The molecule has 0 saturated carbocycles. The normalized spacial score (nSPS) is 17.0. The number of hydrogen-bond acceptors (Lipinski definition) is 2. The highest BCUT2D eigenvalue weighted by atomic mass is 16.3. The largest absolute Gasteiger partial charge is 0.436 e. The van der Waals surface area contributed by atoms with Crippen LogP contribution in [0.5, 0.6) is 0 Å². The lowest BCUT2D eigenvalue weighted by atomic mass is 9.67. The molecule has 278 valence electrons. The molecule has 3 nitrogen and oxygen atoms in total. The van der Waals surface area contributed by atoms with E-state index in [9.17, 15) is 0 Å². The molecule has 10 aromatic rings. The summed E-state index contributed by atoms with van der Waals surface area (Å²) in [7, 11) is 0. The van der Waals surface area contributed by atoms with Gasteiger partial charge in [0, 0.05) is 28.0 Å². The highest BCUT2D eigenvalue weighted by Gasteiger charge is 2.47. The fraction of sp³-hybridized carbons (Fsp3) is 0.0536. The van der Waals surface area contributed by atoms with Crippen LogP contribution in [0.1, 0.15) is 40.2 Å². The molecule has 2 unspecified atom stereocenters. The quantitative estimate of drug-likeness (QED) is 0.169. The van der Waals surface area contributed by atoms with E-state index in [2.05, 4.69) is 187 Å². The van der Waals surface area contributed by atoms with Crippen molar-refractivity contribution in [2.24, 2.45) is 0 Å². The first-order chi connectivity index (χ1) is 29.3. The van der Waals surface area contributed by atoms with Gasteiger partial charge in [0.05, 0.1) is 16.4 Å². The maximum absolute atomic E-state index is 6.34. The van der Waals surface area contributed by atoms with Gasteiger partial charge in [-0.25, -0.2) is 4.98 Å². The third-order valence-electron chi connectivity index (χ3n) is 12.7. The number of oxazole rings is 1. The number of benzene rings is 8. The predicted molar refractivity (Wildman–Crippen MR) is 242 cm³/mol. The summed E-state index contributed by atoms with van der Waals surface area (Å²) in [5.41, 5.74) is 16.9. The number of rotatable bonds is 6. The number of allylic oxidation sites excluding steroid dienone is 4. The zero-order valence-electron chi connectivity index (χ0n) is 32.3. The van der Waals surface area contributed by atoms with Gasteiger partial charge in [-0.3, -0.25) is 0 Å². The van der Waals surface area contributed by atoms with Crippen molar-refractivity contribution in [1.82, 2.24) is 9.55 Å². The van der Waals surface area contributed by atoms with Crippen LogP contribution >= 0.6 is 0 Å². The van der Waals surface area contributed by atoms with Crippen molar-refractivity contribution in [2.45, 2.75) is 17.8 Å². The van der Waals surface area contributed by atoms with Crippen LogP contribution in [0.4, 0.5) is 0 Å². The molecule has 0 aliphatic heterocycles. The standard InChI is InChI=1S/C56H38N2O/c1-4-15-37(16-5-1)38-27-31-43(32-28-38)58-51-26-13-11-21-45(51)47-35-40(29-33-52(47)58)44-23-14-25-49-54(44)46-22-10-12-24-48(46)56(49,41-19-8-3-9-20-41)42-30-34-53-50(36-42)57-55(59-53)39-17-6-2-7-18-39/h1-27,29-36,38H,28H2. The minimum Gasteiger partial charge on any atom is -0.436 e. The van der Waals surface area contributed by atoms with Crippen LogP contribution in [0.2, 0.25) is 0 Å². The van der Waals surface area contributed by atoms with Crippen LogP contribution in [0.3, 0.4) is 0 Å². The highest BCUT2D eigenvalue weighted by Crippen LogP contribution is 2.58. The van der Waals surface area contributed by atoms with E-state index in [1.807, 2.05) is 30.3 Å². The SMILES string of the molecule is C1=CC(c2ccccc2)CC=C1n1c2ccccc2c2cc(-c3cccc4c3-c3ccccc3C4(c3ccccc3)c3ccc4oc(-c5ccccc5)nc4c3)ccc21. The number of hydrogen-bond donors (Lipinski definition) is 0. The van der Waals surface area contributed by atoms with E-state index in [1.54, 1.807) is 0 Å². The van der Waals surface area contributed by atoms with Crippen LogP contribution in [0.25, 0.3) is 72.3 Å². The van der Waals surface area contributed by atoms with Gasteiger partial charge in [-0.1, -0.05) is 164 Å². The average molecular weight is 755 g/mol. The smallest absolute Gasteiger partial charge is 0.227 e. The number of para-hydroxylation sites is 1. The molecular weight excluding hydrogens is 717 g/mol. The molecule has 3 heteroatoms. The second-order valence-corrected chi connectivity index (χ2v) is 15.8. The van der Waals surface area contributed by atoms with E-state index in [-0.39, 0.29) is 0 Å². The number of nitrogens with zero attached hydrogens (tertiary/aromatic N) is 2. The van der Waals surface area contributed by atoms with Crippen LogP contribution in [-0.4, -0.2) is 9.55 Å². The molecule has 2 aliphatic rings. The van der Waals surface area contributed by atoms with Crippen molar-refractivity contribution in [3.8, 4) is 33.7 Å². The van der Waals surface area contributed by atoms with E-state index >= 15 is 0 Å². The molecule has 0 spiro atoms. The third-order valence-corrected chi connectivity index (χ3v) is 12.7. The molecule has 8 aromatic carbocycles. The Hall–Kier alpha value is -7.49. The van der Waals surface area contributed by atoms with Crippen LogP contribution in [0, 0.1) is 0 Å². The third kappa shape index (κ3) is 5.11. The fourth-order valence-electron chi connectivity index (χ4n) is 10.1. The molecule has 2 aliphatic carbocycles.